The number of piperidine rings is 1. The lowest BCUT2D eigenvalue weighted by Crippen LogP contribution is -2.39. The minimum absolute atomic E-state index is 0.0429. The van der Waals surface area contributed by atoms with Crippen LogP contribution in [0.5, 0.6) is 0 Å². The van der Waals surface area contributed by atoms with Crippen LogP contribution >= 0.6 is 0 Å². The van der Waals surface area contributed by atoms with Gasteiger partial charge in [0.1, 0.15) is 11.5 Å². The van der Waals surface area contributed by atoms with Crippen LogP contribution in [0.2, 0.25) is 0 Å². The third kappa shape index (κ3) is 3.65. The molecule has 8 nitrogen and oxygen atoms in total. The van der Waals surface area contributed by atoms with Gasteiger partial charge in [0.15, 0.2) is 5.69 Å². The van der Waals surface area contributed by atoms with Gasteiger partial charge >= 0.3 is 0 Å². The van der Waals surface area contributed by atoms with Gasteiger partial charge in [0.2, 0.25) is 5.91 Å². The largest absolute Gasteiger partial charge is 0.364 e. The Morgan fingerprint density at radius 3 is 2.12 bits per heavy atom. The van der Waals surface area contributed by atoms with Gasteiger partial charge < -0.3 is 15.5 Å². The van der Waals surface area contributed by atoms with Crippen LogP contribution in [0.15, 0.2) is 48.5 Å². The molecule has 3 amide bonds. The number of anilines is 2. The lowest BCUT2D eigenvalue weighted by Gasteiger charge is -2.29. The number of primary amides is 1. The van der Waals surface area contributed by atoms with Crippen molar-refractivity contribution in [3.05, 3.63) is 71.3 Å². The minimum atomic E-state index is -0.719. The van der Waals surface area contributed by atoms with Crippen LogP contribution in [0.4, 0.5) is 15.8 Å². The average Bonchev–Trinajstić information content (AvgIpc) is 3.21. The Bertz CT molecular complexity index is 1250. The Morgan fingerprint density at radius 1 is 0.848 bits per heavy atom. The molecule has 0 bridgehead atoms. The predicted octanol–water partition coefficient (Wildman–Crippen LogP) is 2.83. The molecule has 0 radical (unpaired) electrons. The van der Waals surface area contributed by atoms with Crippen molar-refractivity contribution in [2.75, 3.05) is 22.9 Å². The number of carbonyl (C=O) groups excluding carboxylic acids is 3. The first-order valence-electron chi connectivity index (χ1n) is 10.8. The number of hydrogen-bond donors (Lipinski definition) is 1. The van der Waals surface area contributed by atoms with E-state index < -0.39 is 11.7 Å². The second-order valence-corrected chi connectivity index (χ2v) is 8.15. The van der Waals surface area contributed by atoms with E-state index in [0.717, 1.165) is 18.5 Å². The highest BCUT2D eigenvalue weighted by atomic mass is 19.1. The molecule has 33 heavy (non-hydrogen) atoms. The molecule has 0 aliphatic carbocycles. The van der Waals surface area contributed by atoms with Gasteiger partial charge in [-0.2, -0.15) is 5.10 Å². The van der Waals surface area contributed by atoms with E-state index in [9.17, 15) is 18.8 Å². The van der Waals surface area contributed by atoms with Crippen LogP contribution in [0.25, 0.3) is 5.69 Å². The molecule has 0 unspecified atom stereocenters. The third-order valence-electron chi connectivity index (χ3n) is 6.12. The zero-order chi connectivity index (χ0) is 23.1. The molecule has 1 aromatic heterocycles. The fourth-order valence-corrected chi connectivity index (χ4v) is 4.46. The summed E-state index contributed by atoms with van der Waals surface area (Å²) in [6, 6.07) is 12.8. The Morgan fingerprint density at radius 2 is 1.48 bits per heavy atom. The van der Waals surface area contributed by atoms with Crippen molar-refractivity contribution in [1.29, 1.82) is 0 Å². The predicted molar refractivity (Wildman–Crippen MR) is 120 cm³/mol. The molecule has 2 aliphatic rings. The normalized spacial score (nSPS) is 16.2. The minimum Gasteiger partial charge on any atom is -0.364 e. The van der Waals surface area contributed by atoms with Crippen LogP contribution in [0, 0.1) is 5.82 Å². The van der Waals surface area contributed by atoms with E-state index in [-0.39, 0.29) is 23.2 Å². The highest BCUT2D eigenvalue weighted by molar-refractivity contribution is 6.09. The summed E-state index contributed by atoms with van der Waals surface area (Å²) in [6.45, 7) is 1.04. The number of halogens is 1. The van der Waals surface area contributed by atoms with Crippen molar-refractivity contribution >= 4 is 29.1 Å². The molecule has 2 aliphatic heterocycles. The van der Waals surface area contributed by atoms with Gasteiger partial charge in [-0.15, -0.1) is 0 Å². The number of rotatable bonds is 4. The Labute approximate surface area is 189 Å². The summed E-state index contributed by atoms with van der Waals surface area (Å²) in [6.07, 6.45) is 2.82. The Kier molecular flexibility index (Phi) is 5.16. The summed E-state index contributed by atoms with van der Waals surface area (Å²) in [5, 5.41) is 4.28. The highest BCUT2D eigenvalue weighted by Crippen LogP contribution is 2.30. The van der Waals surface area contributed by atoms with Crippen molar-refractivity contribution in [3.8, 4) is 5.69 Å². The number of benzene rings is 2. The fourth-order valence-electron chi connectivity index (χ4n) is 4.46. The maximum Gasteiger partial charge on any atom is 0.277 e. The van der Waals surface area contributed by atoms with Crippen LogP contribution < -0.4 is 15.5 Å². The van der Waals surface area contributed by atoms with Gasteiger partial charge in [0, 0.05) is 36.4 Å². The van der Waals surface area contributed by atoms with Gasteiger partial charge in [-0.1, -0.05) is 0 Å². The molecule has 2 aromatic carbocycles. The SMILES string of the molecule is NC(=O)c1nn(-c2ccc(F)cc2)c2c1CCN(c1ccc(N3CCCCC3=O)cc1)C2=O. The molecular formula is C24H22FN5O3. The van der Waals surface area contributed by atoms with E-state index in [1.165, 1.54) is 28.9 Å². The molecule has 2 N–H and O–H groups in total. The molecule has 0 spiro atoms. The molecule has 168 valence electrons. The molecule has 9 heteroatoms. The van der Waals surface area contributed by atoms with Crippen molar-refractivity contribution in [1.82, 2.24) is 9.78 Å². The van der Waals surface area contributed by atoms with E-state index in [4.69, 9.17) is 5.73 Å². The molecular weight excluding hydrogens is 425 g/mol. The van der Waals surface area contributed by atoms with Gasteiger partial charge in [-0.05, 0) is 67.8 Å². The number of aromatic nitrogens is 2. The molecule has 3 heterocycles. The first-order valence-corrected chi connectivity index (χ1v) is 10.8. The Hall–Kier alpha value is -4.01. The lowest BCUT2D eigenvalue weighted by molar-refractivity contribution is -0.119. The summed E-state index contributed by atoms with van der Waals surface area (Å²) in [5.74, 6) is -1.36. The number of fused-ring (bicyclic) bond motifs is 1. The molecule has 5 rings (SSSR count). The summed E-state index contributed by atoms with van der Waals surface area (Å²) in [5.41, 5.74) is 8.21. The zero-order valence-electron chi connectivity index (χ0n) is 17.8. The zero-order valence-corrected chi connectivity index (χ0v) is 17.8. The monoisotopic (exact) mass is 447 g/mol. The van der Waals surface area contributed by atoms with Crippen LogP contribution in [0.3, 0.4) is 0 Å². The quantitative estimate of drug-likeness (QED) is 0.664. The molecule has 1 fully saturated rings. The maximum atomic E-state index is 13.5. The van der Waals surface area contributed by atoms with Gasteiger partial charge in [0.05, 0.1) is 5.69 Å². The van der Waals surface area contributed by atoms with E-state index in [0.29, 0.717) is 42.9 Å². The standard InChI is InChI=1S/C24H22FN5O3/c25-15-4-6-18(7-5-15)30-22-19(21(27-30)23(26)32)12-14-29(24(22)33)17-10-8-16(9-11-17)28-13-2-1-3-20(28)31/h4-11H,1-3,12-14H2,(H2,26,32). The second-order valence-electron chi connectivity index (χ2n) is 8.15. The van der Waals surface area contributed by atoms with Gasteiger partial charge in [0.25, 0.3) is 11.8 Å². The number of nitrogens with zero attached hydrogens (tertiary/aromatic N) is 4. The van der Waals surface area contributed by atoms with E-state index in [2.05, 4.69) is 5.10 Å². The van der Waals surface area contributed by atoms with Crippen LogP contribution in [-0.4, -0.2) is 40.6 Å². The summed E-state index contributed by atoms with van der Waals surface area (Å²) < 4.78 is 14.8. The first-order chi connectivity index (χ1) is 15.9. The molecule has 1 saturated heterocycles. The molecule has 3 aromatic rings. The summed E-state index contributed by atoms with van der Waals surface area (Å²) >= 11 is 0. The average molecular weight is 447 g/mol. The van der Waals surface area contributed by atoms with E-state index in [1.54, 1.807) is 9.80 Å². The first kappa shape index (κ1) is 20.9. The summed E-state index contributed by atoms with van der Waals surface area (Å²) in [7, 11) is 0. The van der Waals surface area contributed by atoms with Crippen molar-refractivity contribution < 1.29 is 18.8 Å². The van der Waals surface area contributed by atoms with Crippen molar-refractivity contribution in [2.45, 2.75) is 25.7 Å². The third-order valence-corrected chi connectivity index (χ3v) is 6.12. The van der Waals surface area contributed by atoms with Crippen molar-refractivity contribution in [2.24, 2.45) is 5.73 Å². The molecule has 0 saturated carbocycles. The number of carbonyl (C=O) groups is 3. The maximum absolute atomic E-state index is 13.5. The van der Waals surface area contributed by atoms with E-state index >= 15 is 0 Å². The Balaban J connectivity index is 1.50. The summed E-state index contributed by atoms with van der Waals surface area (Å²) in [4.78, 5) is 41.1. The van der Waals surface area contributed by atoms with E-state index in [1.807, 2.05) is 24.3 Å². The lowest BCUT2D eigenvalue weighted by atomic mass is 10.0. The van der Waals surface area contributed by atoms with Gasteiger partial charge in [-0.3, -0.25) is 14.4 Å². The van der Waals surface area contributed by atoms with Gasteiger partial charge in [-0.25, -0.2) is 9.07 Å². The number of nitrogens with two attached hydrogens (primary N) is 1. The van der Waals surface area contributed by atoms with Crippen molar-refractivity contribution in [3.63, 3.8) is 0 Å². The molecule has 0 atom stereocenters. The number of hydrogen-bond acceptors (Lipinski definition) is 4. The fraction of sp³-hybridized carbons (Fsp3) is 0.250. The van der Waals surface area contributed by atoms with Crippen LogP contribution in [-0.2, 0) is 11.2 Å². The topological polar surface area (TPSA) is 102 Å². The number of amides is 3. The van der Waals surface area contributed by atoms with Crippen LogP contribution in [0.1, 0.15) is 45.8 Å². The highest BCUT2D eigenvalue weighted by Gasteiger charge is 2.34. The smallest absolute Gasteiger partial charge is 0.277 e. The second kappa shape index (κ2) is 8.16.